The lowest BCUT2D eigenvalue weighted by molar-refractivity contribution is 0.151. The van der Waals surface area contributed by atoms with Crippen molar-refractivity contribution in [3.8, 4) is 11.6 Å². The number of imidazole rings is 1. The number of hydrogen-bond acceptors (Lipinski definition) is 5. The number of pyridine rings is 1. The molecule has 1 aliphatic heterocycles. The molecule has 3 heterocycles. The molecule has 1 aliphatic rings. The molecule has 2 aromatic heterocycles. The van der Waals surface area contributed by atoms with E-state index in [0.29, 0.717) is 0 Å². The summed E-state index contributed by atoms with van der Waals surface area (Å²) in [5, 5.41) is 3.50. The van der Waals surface area contributed by atoms with Crippen molar-refractivity contribution in [3.63, 3.8) is 0 Å². The van der Waals surface area contributed by atoms with Gasteiger partial charge in [-0.15, -0.1) is 0 Å². The quantitative estimate of drug-likeness (QED) is 0.767. The average Bonchev–Trinajstić information content (AvgIpc) is 3.24. The fourth-order valence-corrected chi connectivity index (χ4v) is 3.48. The van der Waals surface area contributed by atoms with E-state index in [1.807, 2.05) is 35.2 Å². The number of nitrogens with one attached hydrogen (secondary N) is 1. The zero-order chi connectivity index (χ0) is 17.8. The van der Waals surface area contributed by atoms with Gasteiger partial charge in [0.25, 0.3) is 0 Å². The summed E-state index contributed by atoms with van der Waals surface area (Å²) in [4.78, 5) is 11.1. The summed E-state index contributed by atoms with van der Waals surface area (Å²) in [6.07, 6.45) is 7.37. The van der Waals surface area contributed by atoms with E-state index >= 15 is 0 Å². The van der Waals surface area contributed by atoms with Crippen molar-refractivity contribution in [1.82, 2.24) is 24.8 Å². The van der Waals surface area contributed by atoms with Crippen molar-refractivity contribution in [2.45, 2.75) is 12.6 Å². The average molecular weight is 349 g/mol. The van der Waals surface area contributed by atoms with Crippen LogP contribution in [0.3, 0.4) is 0 Å². The van der Waals surface area contributed by atoms with Gasteiger partial charge in [-0.3, -0.25) is 9.47 Å². The minimum Gasteiger partial charge on any atom is -0.496 e. The van der Waals surface area contributed by atoms with Crippen LogP contribution in [0, 0.1) is 0 Å². The summed E-state index contributed by atoms with van der Waals surface area (Å²) >= 11 is 0. The van der Waals surface area contributed by atoms with Gasteiger partial charge < -0.3 is 10.1 Å². The molecule has 1 fully saturated rings. The van der Waals surface area contributed by atoms with Crippen LogP contribution in [0.1, 0.15) is 17.2 Å². The van der Waals surface area contributed by atoms with Crippen molar-refractivity contribution >= 4 is 0 Å². The smallest absolute Gasteiger partial charge is 0.137 e. The second-order valence-electron chi connectivity index (χ2n) is 6.43. The van der Waals surface area contributed by atoms with Gasteiger partial charge in [-0.25, -0.2) is 9.97 Å². The third kappa shape index (κ3) is 3.47. The van der Waals surface area contributed by atoms with Gasteiger partial charge >= 0.3 is 0 Å². The minimum absolute atomic E-state index is 0.285. The third-order valence-corrected chi connectivity index (χ3v) is 4.82. The fraction of sp³-hybridized carbons (Fsp3) is 0.300. The summed E-state index contributed by atoms with van der Waals surface area (Å²) in [5.74, 6) is 1.83. The van der Waals surface area contributed by atoms with Gasteiger partial charge in [-0.1, -0.05) is 24.3 Å². The molecule has 3 aromatic rings. The Bertz CT molecular complexity index is 832. The monoisotopic (exact) mass is 349 g/mol. The molecule has 0 bridgehead atoms. The maximum Gasteiger partial charge on any atom is 0.137 e. The Hall–Kier alpha value is -2.70. The topological polar surface area (TPSA) is 55.2 Å². The van der Waals surface area contributed by atoms with Crippen molar-refractivity contribution < 1.29 is 4.74 Å². The fourth-order valence-electron chi connectivity index (χ4n) is 3.48. The predicted octanol–water partition coefficient (Wildman–Crippen LogP) is 2.42. The molecule has 6 nitrogen and oxygen atoms in total. The van der Waals surface area contributed by atoms with Crippen LogP contribution >= 0.6 is 0 Å². The van der Waals surface area contributed by atoms with E-state index in [0.717, 1.165) is 37.7 Å². The number of hydrogen-bond donors (Lipinski definition) is 1. The molecule has 1 N–H and O–H groups in total. The van der Waals surface area contributed by atoms with E-state index in [1.165, 1.54) is 11.1 Å². The zero-order valence-corrected chi connectivity index (χ0v) is 14.9. The van der Waals surface area contributed by atoms with E-state index < -0.39 is 0 Å². The van der Waals surface area contributed by atoms with Gasteiger partial charge in [-0.2, -0.15) is 0 Å². The van der Waals surface area contributed by atoms with Crippen molar-refractivity contribution in [2.75, 3.05) is 26.7 Å². The maximum atomic E-state index is 5.58. The van der Waals surface area contributed by atoms with Crippen LogP contribution < -0.4 is 10.1 Å². The summed E-state index contributed by atoms with van der Waals surface area (Å²) in [7, 11) is 1.73. The molecule has 134 valence electrons. The maximum absolute atomic E-state index is 5.58. The number of nitrogens with zero attached hydrogens (tertiary/aromatic N) is 4. The SMILES string of the molecule is COc1ccccc1C1CNCCN1Cc1ccc(-n2ccnc2)nc1. The minimum atomic E-state index is 0.285. The van der Waals surface area contributed by atoms with Crippen LogP contribution in [0.4, 0.5) is 0 Å². The Labute approximate surface area is 153 Å². The molecule has 0 amide bonds. The molecular weight excluding hydrogens is 326 g/mol. The van der Waals surface area contributed by atoms with Gasteiger partial charge in [0.1, 0.15) is 17.9 Å². The summed E-state index contributed by atoms with van der Waals surface area (Å²) in [6.45, 7) is 3.76. The van der Waals surface area contributed by atoms with Crippen LogP contribution in [-0.4, -0.2) is 46.2 Å². The normalized spacial score (nSPS) is 18.0. The number of methoxy groups -OCH3 is 1. The first-order valence-corrected chi connectivity index (χ1v) is 8.86. The van der Waals surface area contributed by atoms with Crippen molar-refractivity contribution in [3.05, 3.63) is 72.4 Å². The van der Waals surface area contributed by atoms with Crippen LogP contribution in [0.2, 0.25) is 0 Å². The number of para-hydroxylation sites is 1. The Morgan fingerprint density at radius 3 is 2.92 bits per heavy atom. The molecule has 4 rings (SSSR count). The Morgan fingerprint density at radius 1 is 1.23 bits per heavy atom. The molecule has 0 saturated carbocycles. The summed E-state index contributed by atoms with van der Waals surface area (Å²) in [5.41, 5.74) is 2.43. The summed E-state index contributed by atoms with van der Waals surface area (Å²) < 4.78 is 7.49. The van der Waals surface area contributed by atoms with E-state index in [1.54, 1.807) is 19.6 Å². The van der Waals surface area contributed by atoms with Gasteiger partial charge in [0.05, 0.1) is 13.2 Å². The lowest BCUT2D eigenvalue weighted by Gasteiger charge is -2.37. The third-order valence-electron chi connectivity index (χ3n) is 4.82. The Balaban J connectivity index is 1.53. The van der Waals surface area contributed by atoms with E-state index in [-0.39, 0.29) is 6.04 Å². The second-order valence-corrected chi connectivity index (χ2v) is 6.43. The van der Waals surface area contributed by atoms with Crippen LogP contribution in [0.25, 0.3) is 5.82 Å². The van der Waals surface area contributed by atoms with Gasteiger partial charge in [-0.05, 0) is 17.7 Å². The predicted molar refractivity (Wildman–Crippen MR) is 100 cm³/mol. The molecule has 0 radical (unpaired) electrons. The van der Waals surface area contributed by atoms with Crippen LogP contribution in [0.15, 0.2) is 61.3 Å². The first-order chi connectivity index (χ1) is 12.8. The second kappa shape index (κ2) is 7.68. The number of benzene rings is 1. The molecule has 1 saturated heterocycles. The highest BCUT2D eigenvalue weighted by atomic mass is 16.5. The van der Waals surface area contributed by atoms with Crippen molar-refractivity contribution in [1.29, 1.82) is 0 Å². The van der Waals surface area contributed by atoms with Gasteiger partial charge in [0, 0.05) is 50.3 Å². The number of rotatable bonds is 5. The largest absolute Gasteiger partial charge is 0.496 e. The Morgan fingerprint density at radius 2 is 2.15 bits per heavy atom. The first kappa shape index (κ1) is 16.8. The molecule has 1 unspecified atom stereocenters. The standard InChI is InChI=1S/C20H23N5O/c1-26-19-5-3-2-4-17(19)18-13-21-8-10-24(18)14-16-6-7-20(23-12-16)25-11-9-22-15-25/h2-7,9,11-12,15,18,21H,8,10,13-14H2,1H3. The number of ether oxygens (including phenoxy) is 1. The van der Waals surface area contributed by atoms with Gasteiger partial charge in [0.15, 0.2) is 0 Å². The lowest BCUT2D eigenvalue weighted by Crippen LogP contribution is -2.45. The zero-order valence-electron chi connectivity index (χ0n) is 14.9. The Kier molecular flexibility index (Phi) is 4.95. The lowest BCUT2D eigenvalue weighted by atomic mass is 10.0. The highest BCUT2D eigenvalue weighted by molar-refractivity contribution is 5.36. The molecule has 1 atom stereocenters. The highest BCUT2D eigenvalue weighted by Crippen LogP contribution is 2.31. The molecule has 1 aromatic carbocycles. The van der Waals surface area contributed by atoms with Crippen LogP contribution in [0.5, 0.6) is 5.75 Å². The molecule has 0 spiro atoms. The molecule has 6 heteroatoms. The molecule has 0 aliphatic carbocycles. The van der Waals surface area contributed by atoms with Crippen LogP contribution in [-0.2, 0) is 6.54 Å². The first-order valence-electron chi connectivity index (χ1n) is 8.86. The van der Waals surface area contributed by atoms with E-state index in [9.17, 15) is 0 Å². The highest BCUT2D eigenvalue weighted by Gasteiger charge is 2.26. The molecule has 26 heavy (non-hydrogen) atoms. The van der Waals surface area contributed by atoms with Gasteiger partial charge in [0.2, 0.25) is 0 Å². The van der Waals surface area contributed by atoms with Crippen molar-refractivity contribution in [2.24, 2.45) is 0 Å². The number of piperazine rings is 1. The van der Waals surface area contributed by atoms with E-state index in [2.05, 4.69) is 38.4 Å². The van der Waals surface area contributed by atoms with E-state index in [4.69, 9.17) is 4.74 Å². The molecular formula is C20H23N5O. The summed E-state index contributed by atoms with van der Waals surface area (Å²) in [6, 6.07) is 12.7. The number of aromatic nitrogens is 3.